The molecule has 1 heterocycles. The highest BCUT2D eigenvalue weighted by Crippen LogP contribution is 2.22. The highest BCUT2D eigenvalue weighted by atomic mass is 16.1. The molecular weight excluding hydrogens is 178 g/mol. The summed E-state index contributed by atoms with van der Waals surface area (Å²) in [4.78, 5) is 21.4. The molecule has 1 aromatic carbocycles. The first-order chi connectivity index (χ1) is 6.79. The summed E-state index contributed by atoms with van der Waals surface area (Å²) in [7, 11) is 0. The third-order valence-corrected chi connectivity index (χ3v) is 2.52. The van der Waals surface area contributed by atoms with Crippen LogP contribution in [0.2, 0.25) is 0 Å². The lowest BCUT2D eigenvalue weighted by Crippen LogP contribution is -2.13. The first-order valence-corrected chi connectivity index (χ1v) is 4.61. The molecule has 0 aromatic heterocycles. The van der Waals surface area contributed by atoms with Gasteiger partial charge in [0.15, 0.2) is 0 Å². The standard InChI is InChI=1S/C11H11NO2/c13-7-8-1-3-9(4-2-8)10-5-11(14)12-6-10/h1-4,7,10H,5-6H2,(H,12,14). The van der Waals surface area contributed by atoms with Crippen LogP contribution in [0.25, 0.3) is 0 Å². The number of carbonyl (C=O) groups excluding carboxylic acids is 2. The summed E-state index contributed by atoms with van der Waals surface area (Å²) < 4.78 is 0. The molecule has 1 atom stereocenters. The van der Waals surface area contributed by atoms with E-state index >= 15 is 0 Å². The van der Waals surface area contributed by atoms with E-state index in [-0.39, 0.29) is 11.8 Å². The molecule has 1 amide bonds. The summed E-state index contributed by atoms with van der Waals surface area (Å²) in [5, 5.41) is 2.79. The van der Waals surface area contributed by atoms with Crippen molar-refractivity contribution in [1.29, 1.82) is 0 Å². The molecule has 1 unspecified atom stereocenters. The third kappa shape index (κ3) is 1.66. The van der Waals surface area contributed by atoms with Crippen LogP contribution in [0.5, 0.6) is 0 Å². The van der Waals surface area contributed by atoms with Crippen LogP contribution in [-0.4, -0.2) is 18.7 Å². The lowest BCUT2D eigenvalue weighted by Gasteiger charge is -2.06. The number of carbonyl (C=O) groups is 2. The van der Waals surface area contributed by atoms with Crippen molar-refractivity contribution in [3.8, 4) is 0 Å². The Hall–Kier alpha value is -1.64. The second kappa shape index (κ2) is 3.62. The molecule has 0 bridgehead atoms. The van der Waals surface area contributed by atoms with E-state index < -0.39 is 0 Å². The van der Waals surface area contributed by atoms with Gasteiger partial charge in [-0.3, -0.25) is 9.59 Å². The maximum Gasteiger partial charge on any atom is 0.220 e. The van der Waals surface area contributed by atoms with Gasteiger partial charge in [-0.05, 0) is 5.56 Å². The van der Waals surface area contributed by atoms with Crippen LogP contribution in [0.4, 0.5) is 0 Å². The maximum absolute atomic E-state index is 11.0. The van der Waals surface area contributed by atoms with Crippen molar-refractivity contribution >= 4 is 12.2 Å². The molecular formula is C11H11NO2. The minimum Gasteiger partial charge on any atom is -0.355 e. The summed E-state index contributed by atoms with van der Waals surface area (Å²) in [5.41, 5.74) is 1.79. The fourth-order valence-electron chi connectivity index (χ4n) is 1.69. The van der Waals surface area contributed by atoms with Crippen molar-refractivity contribution in [2.24, 2.45) is 0 Å². The molecule has 3 nitrogen and oxygen atoms in total. The number of hydrogen-bond donors (Lipinski definition) is 1. The SMILES string of the molecule is O=Cc1ccc(C2CNC(=O)C2)cc1. The van der Waals surface area contributed by atoms with E-state index in [4.69, 9.17) is 0 Å². The van der Waals surface area contributed by atoms with Gasteiger partial charge in [-0.25, -0.2) is 0 Å². The number of nitrogens with one attached hydrogen (secondary N) is 1. The molecule has 72 valence electrons. The van der Waals surface area contributed by atoms with Gasteiger partial charge in [0.1, 0.15) is 6.29 Å². The fourth-order valence-corrected chi connectivity index (χ4v) is 1.69. The van der Waals surface area contributed by atoms with E-state index in [0.29, 0.717) is 18.5 Å². The highest BCUT2D eigenvalue weighted by molar-refractivity contribution is 5.79. The zero-order valence-corrected chi connectivity index (χ0v) is 7.69. The number of aldehydes is 1. The Morgan fingerprint density at radius 2 is 2.00 bits per heavy atom. The molecule has 14 heavy (non-hydrogen) atoms. The van der Waals surface area contributed by atoms with Gasteiger partial charge in [-0.2, -0.15) is 0 Å². The summed E-state index contributed by atoms with van der Waals surface area (Å²) >= 11 is 0. The molecule has 0 radical (unpaired) electrons. The Labute approximate surface area is 82.1 Å². The fraction of sp³-hybridized carbons (Fsp3) is 0.273. The Morgan fingerprint density at radius 1 is 1.29 bits per heavy atom. The average Bonchev–Trinajstić information content (AvgIpc) is 2.65. The molecule has 3 heteroatoms. The first kappa shape index (κ1) is 8.94. The van der Waals surface area contributed by atoms with Crippen LogP contribution in [0.1, 0.15) is 28.3 Å². The van der Waals surface area contributed by atoms with Gasteiger partial charge < -0.3 is 5.32 Å². The topological polar surface area (TPSA) is 46.2 Å². The quantitative estimate of drug-likeness (QED) is 0.708. The van der Waals surface area contributed by atoms with Crippen molar-refractivity contribution < 1.29 is 9.59 Å². The normalized spacial score (nSPS) is 20.6. The molecule has 1 N–H and O–H groups in total. The molecule has 1 fully saturated rings. The summed E-state index contributed by atoms with van der Waals surface area (Å²) in [6.07, 6.45) is 1.38. The van der Waals surface area contributed by atoms with Gasteiger partial charge in [0, 0.05) is 24.4 Å². The minimum absolute atomic E-state index is 0.106. The molecule has 0 spiro atoms. The molecule has 0 aliphatic carbocycles. The summed E-state index contributed by atoms with van der Waals surface area (Å²) in [6, 6.07) is 7.39. The van der Waals surface area contributed by atoms with E-state index in [1.807, 2.05) is 12.1 Å². The predicted octanol–water partition coefficient (Wildman–Crippen LogP) is 1.10. The van der Waals surface area contributed by atoms with E-state index in [1.54, 1.807) is 12.1 Å². The molecule has 0 saturated carbocycles. The maximum atomic E-state index is 11.0. The highest BCUT2D eigenvalue weighted by Gasteiger charge is 2.22. The van der Waals surface area contributed by atoms with E-state index in [2.05, 4.69) is 5.32 Å². The second-order valence-electron chi connectivity index (χ2n) is 3.49. The lowest BCUT2D eigenvalue weighted by atomic mass is 9.97. The Kier molecular flexibility index (Phi) is 2.31. The average molecular weight is 189 g/mol. The van der Waals surface area contributed by atoms with Crippen molar-refractivity contribution in [2.45, 2.75) is 12.3 Å². The monoisotopic (exact) mass is 189 g/mol. The van der Waals surface area contributed by atoms with Crippen molar-refractivity contribution in [3.63, 3.8) is 0 Å². The number of rotatable bonds is 2. The smallest absolute Gasteiger partial charge is 0.220 e. The number of hydrogen-bond acceptors (Lipinski definition) is 2. The molecule has 1 aromatic rings. The summed E-state index contributed by atoms with van der Waals surface area (Å²) in [5.74, 6) is 0.373. The van der Waals surface area contributed by atoms with Crippen molar-refractivity contribution in [1.82, 2.24) is 5.32 Å². The van der Waals surface area contributed by atoms with E-state index in [9.17, 15) is 9.59 Å². The van der Waals surface area contributed by atoms with E-state index in [1.165, 1.54) is 0 Å². The van der Waals surface area contributed by atoms with Gasteiger partial charge in [-0.1, -0.05) is 24.3 Å². The van der Waals surface area contributed by atoms with Gasteiger partial charge >= 0.3 is 0 Å². The zero-order chi connectivity index (χ0) is 9.97. The van der Waals surface area contributed by atoms with Crippen LogP contribution in [0, 0.1) is 0 Å². The summed E-state index contributed by atoms with van der Waals surface area (Å²) in [6.45, 7) is 0.708. The van der Waals surface area contributed by atoms with Gasteiger partial charge in [0.2, 0.25) is 5.91 Å². The van der Waals surface area contributed by atoms with Crippen molar-refractivity contribution in [3.05, 3.63) is 35.4 Å². The van der Waals surface area contributed by atoms with Crippen LogP contribution in [-0.2, 0) is 4.79 Å². The largest absolute Gasteiger partial charge is 0.355 e. The van der Waals surface area contributed by atoms with Crippen molar-refractivity contribution in [2.75, 3.05) is 6.54 Å². The van der Waals surface area contributed by atoms with Crippen LogP contribution in [0.3, 0.4) is 0 Å². The van der Waals surface area contributed by atoms with Crippen LogP contribution in [0.15, 0.2) is 24.3 Å². The number of amides is 1. The van der Waals surface area contributed by atoms with Gasteiger partial charge in [-0.15, -0.1) is 0 Å². The van der Waals surface area contributed by atoms with Gasteiger partial charge in [0.05, 0.1) is 0 Å². The van der Waals surface area contributed by atoms with Crippen LogP contribution < -0.4 is 5.32 Å². The lowest BCUT2D eigenvalue weighted by molar-refractivity contribution is -0.119. The molecule has 2 rings (SSSR count). The third-order valence-electron chi connectivity index (χ3n) is 2.52. The first-order valence-electron chi connectivity index (χ1n) is 4.61. The molecule has 1 aliphatic rings. The minimum atomic E-state index is 0.106. The Bertz CT molecular complexity index is 356. The molecule has 1 aliphatic heterocycles. The predicted molar refractivity (Wildman–Crippen MR) is 52.2 cm³/mol. The Morgan fingerprint density at radius 3 is 2.50 bits per heavy atom. The second-order valence-corrected chi connectivity index (χ2v) is 3.49. The Balaban J connectivity index is 2.16. The molecule has 1 saturated heterocycles. The van der Waals surface area contributed by atoms with Gasteiger partial charge in [0.25, 0.3) is 0 Å². The number of benzene rings is 1. The van der Waals surface area contributed by atoms with Crippen LogP contribution >= 0.6 is 0 Å². The zero-order valence-electron chi connectivity index (χ0n) is 7.69. The van der Waals surface area contributed by atoms with E-state index in [0.717, 1.165) is 11.8 Å².